The Kier molecular flexibility index (Phi) is 14.4. The topological polar surface area (TPSA) is 112 Å². The average Bonchev–Trinajstić information content (AvgIpc) is 3.49. The lowest BCUT2D eigenvalue weighted by Gasteiger charge is -2.18. The van der Waals surface area contributed by atoms with Crippen LogP contribution in [-0.4, -0.2) is 46.4 Å². The van der Waals surface area contributed by atoms with Crippen LogP contribution in [0.3, 0.4) is 0 Å². The predicted molar refractivity (Wildman–Crippen MR) is 188 cm³/mol. The molecule has 47 heavy (non-hydrogen) atoms. The minimum atomic E-state index is -1.38. The molecule has 0 aliphatic heterocycles. The van der Waals surface area contributed by atoms with E-state index >= 15 is 0 Å². The number of hydrogen-bond donors (Lipinski definition) is 1. The summed E-state index contributed by atoms with van der Waals surface area (Å²) < 4.78 is 13.1. The SMILES string of the molecule is CCCCCCCCCCCCCCOC(=O)c1ccc(OC)c(NC(=O)C(C(=O)c2ccccc2)n2nnc3cc(Br)ccc32)c1. The van der Waals surface area contributed by atoms with Gasteiger partial charge in [-0.2, -0.15) is 0 Å². The number of esters is 1. The molecule has 1 heterocycles. The monoisotopic (exact) mass is 704 g/mol. The lowest BCUT2D eigenvalue weighted by molar-refractivity contribution is -0.118. The molecule has 0 saturated carbocycles. The zero-order chi connectivity index (χ0) is 33.4. The molecule has 1 N–H and O–H groups in total. The van der Waals surface area contributed by atoms with Crippen LogP contribution in [0.15, 0.2) is 71.2 Å². The van der Waals surface area contributed by atoms with Gasteiger partial charge < -0.3 is 14.8 Å². The number of unbranched alkanes of at least 4 members (excludes halogenated alkanes) is 11. The van der Waals surface area contributed by atoms with Crippen LogP contribution in [0.5, 0.6) is 5.75 Å². The predicted octanol–water partition coefficient (Wildman–Crippen LogP) is 9.12. The number of amides is 1. The van der Waals surface area contributed by atoms with Gasteiger partial charge in [-0.1, -0.05) is 129 Å². The van der Waals surface area contributed by atoms with E-state index in [2.05, 4.69) is 38.5 Å². The van der Waals surface area contributed by atoms with Gasteiger partial charge in [0, 0.05) is 10.0 Å². The van der Waals surface area contributed by atoms with Crippen LogP contribution in [0, 0.1) is 0 Å². The van der Waals surface area contributed by atoms with Gasteiger partial charge in [0.05, 0.1) is 30.5 Å². The van der Waals surface area contributed by atoms with Gasteiger partial charge in [-0.15, -0.1) is 5.10 Å². The molecule has 4 aromatic rings. The number of rotatable bonds is 20. The molecule has 0 radical (unpaired) electrons. The van der Waals surface area contributed by atoms with Gasteiger partial charge in [0.25, 0.3) is 5.91 Å². The largest absolute Gasteiger partial charge is 0.495 e. The summed E-state index contributed by atoms with van der Waals surface area (Å²) in [6.45, 7) is 2.57. The van der Waals surface area contributed by atoms with Crippen molar-refractivity contribution in [3.05, 3.63) is 82.3 Å². The molecule has 1 unspecified atom stereocenters. The van der Waals surface area contributed by atoms with Gasteiger partial charge >= 0.3 is 5.97 Å². The zero-order valence-corrected chi connectivity index (χ0v) is 29.0. The molecule has 1 aromatic heterocycles. The fourth-order valence-corrected chi connectivity index (χ4v) is 5.88. The van der Waals surface area contributed by atoms with E-state index in [1.54, 1.807) is 60.7 Å². The van der Waals surface area contributed by atoms with Crippen molar-refractivity contribution in [1.82, 2.24) is 15.0 Å². The molecule has 1 atom stereocenters. The minimum Gasteiger partial charge on any atom is -0.495 e. The van der Waals surface area contributed by atoms with Crippen molar-refractivity contribution < 1.29 is 23.9 Å². The third-order valence-electron chi connectivity index (χ3n) is 8.16. The number of ether oxygens (including phenoxy) is 2. The number of benzene rings is 3. The number of ketones is 1. The van der Waals surface area contributed by atoms with Crippen LogP contribution >= 0.6 is 15.9 Å². The Balaban J connectivity index is 1.36. The molecule has 0 aliphatic rings. The number of nitrogens with zero attached hydrogens (tertiary/aromatic N) is 3. The second-order valence-corrected chi connectivity index (χ2v) is 12.6. The Bertz CT molecular complexity index is 1610. The van der Waals surface area contributed by atoms with Crippen LogP contribution in [-0.2, 0) is 9.53 Å². The molecular formula is C37H45BrN4O5. The maximum Gasteiger partial charge on any atom is 0.338 e. The summed E-state index contributed by atoms with van der Waals surface area (Å²) in [5.41, 5.74) is 1.88. The van der Waals surface area contributed by atoms with Crippen molar-refractivity contribution in [2.45, 2.75) is 90.0 Å². The molecule has 0 fully saturated rings. The summed E-state index contributed by atoms with van der Waals surface area (Å²) in [6.07, 6.45) is 14.7. The standard InChI is InChI=1S/C37H45BrN4O5/c1-3-4-5-6-7-8-9-10-11-12-13-17-24-47-37(45)28-20-23-33(46-2)31(25-28)39-36(44)34(35(43)27-18-15-14-16-19-27)42-32-22-21-29(38)26-30(32)40-41-42/h14-16,18-23,25-26,34H,3-13,17,24H2,1-2H3,(H,39,44). The summed E-state index contributed by atoms with van der Waals surface area (Å²) in [6, 6.07) is 17.1. The van der Waals surface area contributed by atoms with Crippen LogP contribution in [0.4, 0.5) is 5.69 Å². The lowest BCUT2D eigenvalue weighted by Crippen LogP contribution is -2.33. The Morgan fingerprint density at radius 1 is 0.809 bits per heavy atom. The molecule has 0 spiro atoms. The average molecular weight is 706 g/mol. The molecule has 10 heteroatoms. The van der Waals surface area contributed by atoms with Gasteiger partial charge in [-0.05, 0) is 42.8 Å². The van der Waals surface area contributed by atoms with Gasteiger partial charge in [0.1, 0.15) is 11.3 Å². The molecule has 9 nitrogen and oxygen atoms in total. The lowest BCUT2D eigenvalue weighted by atomic mass is 10.0. The number of carbonyl (C=O) groups excluding carboxylic acids is 3. The number of methoxy groups -OCH3 is 1. The Morgan fingerprint density at radius 2 is 1.47 bits per heavy atom. The number of aromatic nitrogens is 3. The highest BCUT2D eigenvalue weighted by Gasteiger charge is 2.33. The normalized spacial score (nSPS) is 11.7. The van der Waals surface area contributed by atoms with E-state index < -0.39 is 23.7 Å². The van der Waals surface area contributed by atoms with Crippen molar-refractivity contribution in [2.24, 2.45) is 0 Å². The van der Waals surface area contributed by atoms with E-state index in [9.17, 15) is 14.4 Å². The first kappa shape index (κ1) is 35.8. The minimum absolute atomic E-state index is 0.232. The quantitative estimate of drug-likeness (QED) is 0.0423. The van der Waals surface area contributed by atoms with E-state index in [1.807, 2.05) is 0 Å². The van der Waals surface area contributed by atoms with Crippen LogP contribution in [0.1, 0.15) is 111 Å². The second kappa shape index (κ2) is 18.9. The fraction of sp³-hybridized carbons (Fsp3) is 0.432. The van der Waals surface area contributed by atoms with Crippen LogP contribution < -0.4 is 10.1 Å². The van der Waals surface area contributed by atoms with Crippen molar-refractivity contribution in [1.29, 1.82) is 0 Å². The highest BCUT2D eigenvalue weighted by Crippen LogP contribution is 2.29. The van der Waals surface area contributed by atoms with E-state index in [0.717, 1.165) is 23.7 Å². The number of nitrogens with one attached hydrogen (secondary N) is 1. The van der Waals surface area contributed by atoms with Gasteiger partial charge in [-0.3, -0.25) is 9.59 Å². The summed E-state index contributed by atoms with van der Waals surface area (Å²) >= 11 is 3.42. The maximum absolute atomic E-state index is 13.9. The van der Waals surface area contributed by atoms with Crippen LogP contribution in [0.25, 0.3) is 11.0 Å². The van der Waals surface area contributed by atoms with E-state index in [0.29, 0.717) is 29.0 Å². The van der Waals surface area contributed by atoms with E-state index in [-0.39, 0.29) is 11.3 Å². The number of carbonyl (C=O) groups is 3. The molecule has 0 saturated heterocycles. The molecule has 250 valence electrons. The molecule has 1 amide bonds. The van der Waals surface area contributed by atoms with Crippen molar-refractivity contribution in [2.75, 3.05) is 19.0 Å². The highest BCUT2D eigenvalue weighted by molar-refractivity contribution is 9.10. The number of halogens is 1. The summed E-state index contributed by atoms with van der Waals surface area (Å²) in [5, 5.41) is 11.2. The maximum atomic E-state index is 13.9. The van der Waals surface area contributed by atoms with Crippen LogP contribution in [0.2, 0.25) is 0 Å². The Hall–Kier alpha value is -4.05. The number of anilines is 1. The molecule has 0 aliphatic carbocycles. The zero-order valence-electron chi connectivity index (χ0n) is 27.4. The Morgan fingerprint density at radius 3 is 2.13 bits per heavy atom. The number of Topliss-reactive ketones (excluding diaryl/α,β-unsaturated/α-hetero) is 1. The van der Waals surface area contributed by atoms with Gasteiger partial charge in [-0.25, -0.2) is 9.48 Å². The third kappa shape index (κ3) is 10.5. The highest BCUT2D eigenvalue weighted by atomic mass is 79.9. The third-order valence-corrected chi connectivity index (χ3v) is 8.65. The first-order valence-corrected chi connectivity index (χ1v) is 17.5. The first-order chi connectivity index (χ1) is 22.9. The second-order valence-electron chi connectivity index (χ2n) is 11.7. The summed E-state index contributed by atoms with van der Waals surface area (Å²) in [4.78, 5) is 40.6. The molecule has 0 bridgehead atoms. The summed E-state index contributed by atoms with van der Waals surface area (Å²) in [5.74, 6) is -1.28. The summed E-state index contributed by atoms with van der Waals surface area (Å²) in [7, 11) is 1.46. The Labute approximate surface area is 285 Å². The number of hydrogen-bond acceptors (Lipinski definition) is 7. The molecular weight excluding hydrogens is 660 g/mol. The molecule has 3 aromatic carbocycles. The smallest absolute Gasteiger partial charge is 0.338 e. The van der Waals surface area contributed by atoms with E-state index in [4.69, 9.17) is 9.47 Å². The molecule has 4 rings (SSSR count). The fourth-order valence-electron chi connectivity index (χ4n) is 5.53. The van der Waals surface area contributed by atoms with Crippen molar-refractivity contribution >= 4 is 50.3 Å². The van der Waals surface area contributed by atoms with E-state index in [1.165, 1.54) is 75.6 Å². The van der Waals surface area contributed by atoms with Gasteiger partial charge in [0.2, 0.25) is 0 Å². The van der Waals surface area contributed by atoms with Crippen molar-refractivity contribution in [3.63, 3.8) is 0 Å². The van der Waals surface area contributed by atoms with Crippen molar-refractivity contribution in [3.8, 4) is 5.75 Å². The number of fused-ring (bicyclic) bond motifs is 1. The first-order valence-electron chi connectivity index (χ1n) is 16.7. The van der Waals surface area contributed by atoms with Gasteiger partial charge in [0.15, 0.2) is 11.8 Å².